The molecular formula is C10H16F3N3O. The minimum absolute atomic E-state index is 0.285. The molecule has 0 radical (unpaired) electrons. The smallest absolute Gasteiger partial charge is 0.339 e. The van der Waals surface area contributed by atoms with Crippen molar-refractivity contribution in [3.63, 3.8) is 0 Å². The van der Waals surface area contributed by atoms with E-state index >= 15 is 0 Å². The fourth-order valence-corrected chi connectivity index (χ4v) is 2.83. The Balaban J connectivity index is 2.27. The van der Waals surface area contributed by atoms with E-state index in [-0.39, 0.29) is 6.04 Å². The summed E-state index contributed by atoms with van der Waals surface area (Å²) in [7, 11) is 0. The zero-order valence-corrected chi connectivity index (χ0v) is 9.71. The molecule has 0 aromatic rings. The first-order valence-corrected chi connectivity index (χ1v) is 5.73. The van der Waals surface area contributed by atoms with Crippen molar-refractivity contribution in [2.75, 3.05) is 6.54 Å². The van der Waals surface area contributed by atoms with Crippen LogP contribution in [-0.2, 0) is 4.79 Å². The number of hydrazine groups is 1. The summed E-state index contributed by atoms with van der Waals surface area (Å²) in [6, 6.07) is -0.285. The third-order valence-corrected chi connectivity index (χ3v) is 3.59. The molecule has 2 saturated heterocycles. The van der Waals surface area contributed by atoms with Crippen LogP contribution < -0.4 is 10.7 Å². The topological polar surface area (TPSA) is 44.4 Å². The zero-order valence-electron chi connectivity index (χ0n) is 9.71. The molecule has 0 bridgehead atoms. The quantitative estimate of drug-likeness (QED) is 0.726. The Morgan fingerprint density at radius 3 is 2.65 bits per heavy atom. The maximum absolute atomic E-state index is 12.9. The first-order valence-electron chi connectivity index (χ1n) is 5.73. The molecule has 4 unspecified atom stereocenters. The van der Waals surface area contributed by atoms with Gasteiger partial charge in [-0.2, -0.15) is 13.2 Å². The van der Waals surface area contributed by atoms with Crippen LogP contribution >= 0.6 is 0 Å². The summed E-state index contributed by atoms with van der Waals surface area (Å²) in [5, 5.41) is 4.31. The Morgan fingerprint density at radius 2 is 2.12 bits per heavy atom. The molecule has 4 atom stereocenters. The molecule has 2 aliphatic rings. The van der Waals surface area contributed by atoms with E-state index in [1.807, 2.05) is 6.92 Å². The molecule has 17 heavy (non-hydrogen) atoms. The minimum Gasteiger partial charge on any atom is -0.339 e. The van der Waals surface area contributed by atoms with Crippen molar-refractivity contribution in [3.8, 4) is 0 Å². The highest BCUT2D eigenvalue weighted by molar-refractivity contribution is 5.77. The highest BCUT2D eigenvalue weighted by Crippen LogP contribution is 2.42. The molecule has 7 heteroatoms. The second kappa shape index (κ2) is 4.13. The number of piperidine rings is 1. The van der Waals surface area contributed by atoms with E-state index in [9.17, 15) is 18.0 Å². The van der Waals surface area contributed by atoms with Crippen LogP contribution in [0.25, 0.3) is 0 Å². The molecule has 2 aliphatic heterocycles. The van der Waals surface area contributed by atoms with Crippen LogP contribution in [0.2, 0.25) is 0 Å². The predicted octanol–water partition coefficient (Wildman–Crippen LogP) is 0.856. The van der Waals surface area contributed by atoms with Crippen molar-refractivity contribution in [2.24, 2.45) is 11.8 Å². The molecule has 2 rings (SSSR count). The van der Waals surface area contributed by atoms with Crippen LogP contribution in [0, 0.1) is 11.8 Å². The molecule has 2 N–H and O–H groups in total. The van der Waals surface area contributed by atoms with Crippen molar-refractivity contribution >= 4 is 5.91 Å². The van der Waals surface area contributed by atoms with Gasteiger partial charge in [0.2, 0.25) is 5.91 Å². The highest BCUT2D eigenvalue weighted by atomic mass is 19.4. The van der Waals surface area contributed by atoms with Crippen LogP contribution in [0.15, 0.2) is 0 Å². The summed E-state index contributed by atoms with van der Waals surface area (Å²) >= 11 is 0. The SMILES string of the molecule is CCN1NC(C)C2C1NC(=O)CC2C(F)(F)F. The third kappa shape index (κ3) is 2.13. The van der Waals surface area contributed by atoms with Crippen molar-refractivity contribution in [1.82, 2.24) is 15.8 Å². The lowest BCUT2D eigenvalue weighted by Crippen LogP contribution is -2.57. The van der Waals surface area contributed by atoms with Crippen molar-refractivity contribution in [1.29, 1.82) is 0 Å². The summed E-state index contributed by atoms with van der Waals surface area (Å²) in [5.41, 5.74) is 2.99. The monoisotopic (exact) mass is 251 g/mol. The van der Waals surface area contributed by atoms with Gasteiger partial charge in [0.25, 0.3) is 0 Å². The number of hydrogen-bond donors (Lipinski definition) is 2. The normalized spacial score (nSPS) is 39.0. The Kier molecular flexibility index (Phi) is 3.07. The van der Waals surface area contributed by atoms with Crippen LogP contribution in [0.1, 0.15) is 20.3 Å². The maximum atomic E-state index is 12.9. The summed E-state index contributed by atoms with van der Waals surface area (Å²) < 4.78 is 38.8. The Morgan fingerprint density at radius 1 is 1.47 bits per heavy atom. The fraction of sp³-hybridized carbons (Fsp3) is 0.900. The van der Waals surface area contributed by atoms with Crippen LogP contribution in [0.4, 0.5) is 13.2 Å². The lowest BCUT2D eigenvalue weighted by atomic mass is 9.80. The standard InChI is InChI=1S/C10H16F3N3O/c1-3-16-9-8(5(2)15-16)6(10(11,12)13)4-7(17)14-9/h5-6,8-9,15H,3-4H2,1-2H3,(H,14,17). The molecule has 0 aromatic carbocycles. The molecule has 98 valence electrons. The number of carbonyl (C=O) groups is 1. The predicted molar refractivity (Wildman–Crippen MR) is 54.6 cm³/mol. The minimum atomic E-state index is -4.32. The number of alkyl halides is 3. The lowest BCUT2D eigenvalue weighted by molar-refractivity contribution is -0.202. The number of carbonyl (C=O) groups excluding carboxylic acids is 1. The lowest BCUT2D eigenvalue weighted by Gasteiger charge is -2.37. The molecule has 4 nitrogen and oxygen atoms in total. The van der Waals surface area contributed by atoms with Gasteiger partial charge in [-0.1, -0.05) is 6.92 Å². The number of amides is 1. The van der Waals surface area contributed by atoms with Gasteiger partial charge in [0.15, 0.2) is 0 Å². The molecule has 2 fully saturated rings. The zero-order chi connectivity index (χ0) is 12.8. The number of nitrogens with zero attached hydrogens (tertiary/aromatic N) is 1. The van der Waals surface area contributed by atoms with Crippen molar-refractivity contribution < 1.29 is 18.0 Å². The van der Waals surface area contributed by atoms with Crippen LogP contribution in [0.5, 0.6) is 0 Å². The van der Waals surface area contributed by atoms with Crippen LogP contribution in [-0.4, -0.2) is 35.8 Å². The summed E-state index contributed by atoms with van der Waals surface area (Å²) in [5.74, 6) is -2.70. The van der Waals surface area contributed by atoms with E-state index in [0.29, 0.717) is 6.54 Å². The Hall–Kier alpha value is -0.820. The van der Waals surface area contributed by atoms with Gasteiger partial charge in [0, 0.05) is 24.9 Å². The molecule has 0 saturated carbocycles. The number of rotatable bonds is 1. The second-order valence-electron chi connectivity index (χ2n) is 4.65. The molecule has 0 aliphatic carbocycles. The van der Waals surface area contributed by atoms with Crippen LogP contribution in [0.3, 0.4) is 0 Å². The van der Waals surface area contributed by atoms with Gasteiger partial charge in [0.05, 0.1) is 12.1 Å². The largest absolute Gasteiger partial charge is 0.392 e. The number of hydrogen-bond acceptors (Lipinski definition) is 3. The van der Waals surface area contributed by atoms with Gasteiger partial charge < -0.3 is 5.32 Å². The summed E-state index contributed by atoms with van der Waals surface area (Å²) in [4.78, 5) is 11.4. The van der Waals surface area contributed by atoms with Gasteiger partial charge in [-0.05, 0) is 6.92 Å². The van der Waals surface area contributed by atoms with E-state index in [1.54, 1.807) is 11.9 Å². The first-order chi connectivity index (χ1) is 7.84. The Bertz CT molecular complexity index is 320. The second-order valence-corrected chi connectivity index (χ2v) is 4.65. The first kappa shape index (κ1) is 12.6. The van der Waals surface area contributed by atoms with E-state index in [1.165, 1.54) is 0 Å². The average Bonchev–Trinajstić information content (AvgIpc) is 2.53. The van der Waals surface area contributed by atoms with E-state index < -0.39 is 36.5 Å². The van der Waals surface area contributed by atoms with Crippen molar-refractivity contribution in [2.45, 2.75) is 38.7 Å². The van der Waals surface area contributed by atoms with Gasteiger partial charge in [-0.25, -0.2) is 5.01 Å². The van der Waals surface area contributed by atoms with E-state index in [0.717, 1.165) is 0 Å². The third-order valence-electron chi connectivity index (χ3n) is 3.59. The molecule has 0 spiro atoms. The van der Waals surface area contributed by atoms with Crippen molar-refractivity contribution in [3.05, 3.63) is 0 Å². The summed E-state index contributed by atoms with van der Waals surface area (Å²) in [6.07, 6.45) is -5.34. The summed E-state index contributed by atoms with van der Waals surface area (Å²) in [6.45, 7) is 4.12. The molecule has 2 heterocycles. The fourth-order valence-electron chi connectivity index (χ4n) is 2.83. The average molecular weight is 251 g/mol. The highest BCUT2D eigenvalue weighted by Gasteiger charge is 2.56. The number of halogens is 3. The van der Waals surface area contributed by atoms with E-state index in [2.05, 4.69) is 10.7 Å². The maximum Gasteiger partial charge on any atom is 0.392 e. The molecule has 1 amide bonds. The van der Waals surface area contributed by atoms with Gasteiger partial charge >= 0.3 is 6.18 Å². The van der Waals surface area contributed by atoms with Gasteiger partial charge in [-0.3, -0.25) is 10.2 Å². The van der Waals surface area contributed by atoms with Gasteiger partial charge in [-0.15, -0.1) is 0 Å². The molecular weight excluding hydrogens is 235 g/mol. The van der Waals surface area contributed by atoms with Gasteiger partial charge in [0.1, 0.15) is 0 Å². The molecule has 0 aromatic heterocycles. The number of nitrogens with one attached hydrogen (secondary N) is 2. The van der Waals surface area contributed by atoms with E-state index in [4.69, 9.17) is 0 Å². The number of fused-ring (bicyclic) bond motifs is 1. The Labute approximate surface area is 97.5 Å².